The molecule has 0 aromatic carbocycles. The molecule has 2 rings (SSSR count). The molecule has 124 valence electrons. The minimum absolute atomic E-state index is 0.0152. The van der Waals surface area contributed by atoms with E-state index in [0.717, 1.165) is 36.5 Å². The largest absolute Gasteiger partial charge is 0.393 e. The third-order valence-electron chi connectivity index (χ3n) is 6.51. The van der Waals surface area contributed by atoms with Crippen LogP contribution in [0.2, 0.25) is 0 Å². The molecule has 0 aromatic rings. The number of unbranched alkanes of at least 4 members (excludes halogenated alkanes) is 1. The van der Waals surface area contributed by atoms with Gasteiger partial charge in [0.05, 0.1) is 6.10 Å². The van der Waals surface area contributed by atoms with Crippen LogP contribution in [0.4, 0.5) is 0 Å². The monoisotopic (exact) mass is 294 g/mol. The molecule has 1 unspecified atom stereocenters. The Hall–Kier alpha value is -0.0400. The second-order valence-electron chi connectivity index (χ2n) is 8.00. The molecule has 1 heteroatoms. The van der Waals surface area contributed by atoms with E-state index in [-0.39, 0.29) is 6.10 Å². The Morgan fingerprint density at radius 3 is 1.95 bits per heavy atom. The second-order valence-corrected chi connectivity index (χ2v) is 8.00. The molecule has 0 bridgehead atoms. The first-order valence-corrected chi connectivity index (χ1v) is 9.90. The van der Waals surface area contributed by atoms with Crippen molar-refractivity contribution in [3.8, 4) is 0 Å². The first-order chi connectivity index (χ1) is 10.2. The lowest BCUT2D eigenvalue weighted by molar-refractivity contribution is 0.0749. The van der Waals surface area contributed by atoms with Crippen molar-refractivity contribution < 1.29 is 5.11 Å². The molecule has 0 amide bonds. The minimum atomic E-state index is 0.0152. The van der Waals surface area contributed by atoms with Crippen LogP contribution in [0.15, 0.2) is 0 Å². The number of rotatable bonds is 7. The maximum atomic E-state index is 9.66. The quantitative estimate of drug-likeness (QED) is 0.615. The Balaban J connectivity index is 1.67. The highest BCUT2D eigenvalue weighted by molar-refractivity contribution is 4.82. The number of aliphatic hydroxyl groups is 1. The van der Waals surface area contributed by atoms with E-state index in [1.165, 1.54) is 70.6 Å². The van der Waals surface area contributed by atoms with E-state index in [1.807, 2.05) is 0 Å². The third kappa shape index (κ3) is 5.58. The van der Waals surface area contributed by atoms with E-state index >= 15 is 0 Å². The molecule has 0 aliphatic heterocycles. The van der Waals surface area contributed by atoms with E-state index in [2.05, 4.69) is 13.8 Å². The topological polar surface area (TPSA) is 20.2 Å². The zero-order chi connectivity index (χ0) is 15.1. The summed E-state index contributed by atoms with van der Waals surface area (Å²) >= 11 is 0. The first-order valence-electron chi connectivity index (χ1n) is 9.90. The van der Waals surface area contributed by atoms with Crippen molar-refractivity contribution in [2.45, 2.75) is 103 Å². The molecule has 2 aliphatic rings. The summed E-state index contributed by atoms with van der Waals surface area (Å²) in [5.74, 6) is 3.95. The van der Waals surface area contributed by atoms with Crippen LogP contribution < -0.4 is 0 Å². The first kappa shape index (κ1) is 17.3. The smallest absolute Gasteiger partial charge is 0.0540 e. The van der Waals surface area contributed by atoms with Crippen LogP contribution in [-0.4, -0.2) is 11.2 Å². The van der Waals surface area contributed by atoms with Gasteiger partial charge in [0.15, 0.2) is 0 Å². The molecule has 0 heterocycles. The number of hydrogen-bond donors (Lipinski definition) is 1. The summed E-state index contributed by atoms with van der Waals surface area (Å²) < 4.78 is 0. The Kier molecular flexibility index (Phi) is 7.57. The molecule has 1 N–H and O–H groups in total. The van der Waals surface area contributed by atoms with Crippen molar-refractivity contribution in [2.75, 3.05) is 0 Å². The highest BCUT2D eigenvalue weighted by Gasteiger charge is 2.30. The Morgan fingerprint density at radius 1 is 0.857 bits per heavy atom. The summed E-state index contributed by atoms with van der Waals surface area (Å²) in [5.41, 5.74) is 0. The molecule has 2 fully saturated rings. The molecule has 0 spiro atoms. The van der Waals surface area contributed by atoms with Crippen molar-refractivity contribution in [2.24, 2.45) is 23.7 Å². The van der Waals surface area contributed by atoms with E-state index in [1.54, 1.807) is 0 Å². The highest BCUT2D eigenvalue weighted by atomic mass is 16.3. The lowest BCUT2D eigenvalue weighted by atomic mass is 9.69. The fourth-order valence-electron chi connectivity index (χ4n) is 4.92. The van der Waals surface area contributed by atoms with Gasteiger partial charge in [-0.3, -0.25) is 0 Å². The molecule has 21 heavy (non-hydrogen) atoms. The zero-order valence-electron chi connectivity index (χ0n) is 14.5. The van der Waals surface area contributed by atoms with Gasteiger partial charge in [-0.1, -0.05) is 52.4 Å². The molecular weight excluding hydrogens is 256 g/mol. The number of aliphatic hydroxyl groups excluding tert-OH is 1. The van der Waals surface area contributed by atoms with Gasteiger partial charge >= 0.3 is 0 Å². The van der Waals surface area contributed by atoms with Gasteiger partial charge in [0, 0.05) is 0 Å². The number of hydrogen-bond acceptors (Lipinski definition) is 1. The van der Waals surface area contributed by atoms with Gasteiger partial charge in [-0.25, -0.2) is 0 Å². The average molecular weight is 295 g/mol. The van der Waals surface area contributed by atoms with Gasteiger partial charge < -0.3 is 5.11 Å². The Labute approximate surface area is 132 Å². The van der Waals surface area contributed by atoms with Crippen LogP contribution in [0.25, 0.3) is 0 Å². The molecule has 0 radical (unpaired) electrons. The van der Waals surface area contributed by atoms with Gasteiger partial charge in [0.1, 0.15) is 0 Å². The molecule has 0 saturated heterocycles. The van der Waals surface area contributed by atoms with Crippen LogP contribution in [-0.2, 0) is 0 Å². The second kappa shape index (κ2) is 9.18. The van der Waals surface area contributed by atoms with E-state index in [0.29, 0.717) is 0 Å². The van der Waals surface area contributed by atoms with Gasteiger partial charge in [-0.2, -0.15) is 0 Å². The molecule has 1 atom stereocenters. The predicted octanol–water partition coefficient (Wildman–Crippen LogP) is 5.95. The SMILES string of the molecule is CCCCC(CC)CC1CCC(C2CCC(O)CC2)CC1. The Morgan fingerprint density at radius 2 is 1.43 bits per heavy atom. The summed E-state index contributed by atoms with van der Waals surface area (Å²) in [4.78, 5) is 0. The van der Waals surface area contributed by atoms with Gasteiger partial charge in [-0.15, -0.1) is 0 Å². The summed E-state index contributed by atoms with van der Waals surface area (Å²) in [6.45, 7) is 4.71. The van der Waals surface area contributed by atoms with Crippen LogP contribution in [0, 0.1) is 23.7 Å². The maximum Gasteiger partial charge on any atom is 0.0540 e. The van der Waals surface area contributed by atoms with Crippen LogP contribution in [0.5, 0.6) is 0 Å². The fraction of sp³-hybridized carbons (Fsp3) is 1.00. The minimum Gasteiger partial charge on any atom is -0.393 e. The molecule has 2 saturated carbocycles. The summed E-state index contributed by atoms with van der Waals surface area (Å²) in [6, 6.07) is 0. The normalized spacial score (nSPS) is 35.6. The van der Waals surface area contributed by atoms with Crippen LogP contribution in [0.1, 0.15) is 97.3 Å². The average Bonchev–Trinajstić information content (AvgIpc) is 2.53. The third-order valence-corrected chi connectivity index (χ3v) is 6.51. The summed E-state index contributed by atoms with van der Waals surface area (Å²) in [7, 11) is 0. The molecule has 2 aliphatic carbocycles. The van der Waals surface area contributed by atoms with Gasteiger partial charge in [0.2, 0.25) is 0 Å². The van der Waals surface area contributed by atoms with E-state index < -0.39 is 0 Å². The van der Waals surface area contributed by atoms with Gasteiger partial charge in [-0.05, 0) is 68.6 Å². The zero-order valence-corrected chi connectivity index (χ0v) is 14.5. The molecular formula is C20H38O. The lowest BCUT2D eigenvalue weighted by Crippen LogP contribution is -2.27. The Bertz CT molecular complexity index is 259. The van der Waals surface area contributed by atoms with Crippen molar-refractivity contribution >= 4 is 0 Å². The van der Waals surface area contributed by atoms with Crippen LogP contribution >= 0.6 is 0 Å². The van der Waals surface area contributed by atoms with Crippen molar-refractivity contribution in [1.82, 2.24) is 0 Å². The lowest BCUT2D eigenvalue weighted by Gasteiger charge is -2.37. The maximum absolute atomic E-state index is 9.66. The summed E-state index contributed by atoms with van der Waals surface area (Å²) in [6.07, 6.45) is 17.8. The van der Waals surface area contributed by atoms with E-state index in [4.69, 9.17) is 0 Å². The summed E-state index contributed by atoms with van der Waals surface area (Å²) in [5, 5.41) is 9.66. The highest BCUT2D eigenvalue weighted by Crippen LogP contribution is 2.42. The van der Waals surface area contributed by atoms with Gasteiger partial charge in [0.25, 0.3) is 0 Å². The van der Waals surface area contributed by atoms with E-state index in [9.17, 15) is 5.11 Å². The molecule has 0 aromatic heterocycles. The van der Waals surface area contributed by atoms with Crippen molar-refractivity contribution in [3.63, 3.8) is 0 Å². The molecule has 1 nitrogen and oxygen atoms in total. The van der Waals surface area contributed by atoms with Crippen LogP contribution in [0.3, 0.4) is 0 Å². The predicted molar refractivity (Wildman–Crippen MR) is 91.3 cm³/mol. The van der Waals surface area contributed by atoms with Crippen molar-refractivity contribution in [3.05, 3.63) is 0 Å². The fourth-order valence-corrected chi connectivity index (χ4v) is 4.92. The van der Waals surface area contributed by atoms with Crippen molar-refractivity contribution in [1.29, 1.82) is 0 Å². The standard InChI is InChI=1S/C20H38O/c1-3-5-6-16(4-2)15-17-7-9-18(10-8-17)19-11-13-20(21)14-12-19/h16-21H,3-15H2,1-2H3.